The number of rotatable bonds is 4. The Morgan fingerprint density at radius 2 is 2.19 bits per heavy atom. The fraction of sp³-hybridized carbons (Fsp3) is 0.286. The van der Waals surface area contributed by atoms with Gasteiger partial charge >= 0.3 is 0 Å². The van der Waals surface area contributed by atoms with E-state index in [1.807, 2.05) is 6.92 Å². The van der Waals surface area contributed by atoms with Gasteiger partial charge in [0.2, 0.25) is 0 Å². The molecule has 0 aliphatic rings. The first-order valence-electron chi connectivity index (χ1n) is 6.71. The third-order valence-corrected chi connectivity index (χ3v) is 4.25. The summed E-state index contributed by atoms with van der Waals surface area (Å²) >= 11 is 1.69. The Hall–Kier alpha value is -2.28. The van der Waals surface area contributed by atoms with Crippen molar-refractivity contribution in [1.82, 2.24) is 20.2 Å². The van der Waals surface area contributed by atoms with Gasteiger partial charge in [0.25, 0.3) is 5.56 Å². The van der Waals surface area contributed by atoms with Gasteiger partial charge in [-0.15, -0.1) is 11.3 Å². The van der Waals surface area contributed by atoms with E-state index in [0.29, 0.717) is 6.54 Å². The van der Waals surface area contributed by atoms with E-state index in [9.17, 15) is 4.79 Å². The van der Waals surface area contributed by atoms with Crippen LogP contribution in [0.15, 0.2) is 23.0 Å². The summed E-state index contributed by atoms with van der Waals surface area (Å²) < 4.78 is 0. The van der Waals surface area contributed by atoms with Crippen LogP contribution in [-0.2, 0) is 13.0 Å². The smallest absolute Gasteiger partial charge is 0.264 e. The van der Waals surface area contributed by atoms with Crippen LogP contribution in [-0.4, -0.2) is 20.2 Å². The number of hydrogen-bond donors (Lipinski definition) is 2. The van der Waals surface area contributed by atoms with Gasteiger partial charge in [-0.1, -0.05) is 6.92 Å². The molecule has 108 valence electrons. The number of fused-ring (bicyclic) bond motifs is 1. The molecule has 3 heterocycles. The van der Waals surface area contributed by atoms with Crippen LogP contribution >= 0.6 is 11.3 Å². The monoisotopic (exact) mass is 301 g/mol. The fourth-order valence-corrected chi connectivity index (χ4v) is 3.05. The van der Waals surface area contributed by atoms with Crippen molar-refractivity contribution in [2.24, 2.45) is 0 Å². The molecule has 0 aliphatic heterocycles. The molecule has 0 saturated heterocycles. The molecule has 3 rings (SSSR count). The zero-order valence-electron chi connectivity index (χ0n) is 11.8. The SMILES string of the molecule is CCc1cc2c(NCc3ccc(=O)[nH]n3)nc(C)nc2s1. The van der Waals surface area contributed by atoms with Crippen molar-refractivity contribution in [3.63, 3.8) is 0 Å². The standard InChI is InChI=1S/C14H15N5OS/c1-3-10-6-11-13(16-8(2)17-14(11)21-10)15-7-9-4-5-12(20)19-18-9/h4-6H,3,7H2,1-2H3,(H,19,20)(H,15,16,17). The third-order valence-electron chi connectivity index (χ3n) is 3.08. The average molecular weight is 301 g/mol. The number of aryl methyl sites for hydroxylation is 2. The minimum atomic E-state index is -0.204. The predicted octanol–water partition coefficient (Wildman–Crippen LogP) is 2.26. The number of nitrogens with zero attached hydrogens (tertiary/aromatic N) is 3. The van der Waals surface area contributed by atoms with Gasteiger partial charge in [0.05, 0.1) is 17.6 Å². The lowest BCUT2D eigenvalue weighted by atomic mass is 10.3. The average Bonchev–Trinajstić information content (AvgIpc) is 2.89. The number of anilines is 1. The van der Waals surface area contributed by atoms with Crippen LogP contribution in [0.3, 0.4) is 0 Å². The zero-order chi connectivity index (χ0) is 14.8. The first-order chi connectivity index (χ1) is 10.2. The number of thiophene rings is 1. The largest absolute Gasteiger partial charge is 0.364 e. The number of nitrogens with one attached hydrogen (secondary N) is 2. The van der Waals surface area contributed by atoms with Crippen molar-refractivity contribution in [2.45, 2.75) is 26.8 Å². The van der Waals surface area contributed by atoms with Crippen LogP contribution in [0.25, 0.3) is 10.2 Å². The molecule has 0 radical (unpaired) electrons. The molecular weight excluding hydrogens is 286 g/mol. The second kappa shape index (κ2) is 5.61. The Morgan fingerprint density at radius 1 is 1.33 bits per heavy atom. The quantitative estimate of drug-likeness (QED) is 0.772. The fourth-order valence-electron chi connectivity index (χ4n) is 2.03. The molecule has 6 nitrogen and oxygen atoms in total. The molecule has 3 aromatic rings. The molecule has 0 amide bonds. The maximum absolute atomic E-state index is 11.0. The summed E-state index contributed by atoms with van der Waals surface area (Å²) in [5.74, 6) is 1.55. The maximum Gasteiger partial charge on any atom is 0.264 e. The Morgan fingerprint density at radius 3 is 2.90 bits per heavy atom. The molecule has 0 aromatic carbocycles. The predicted molar refractivity (Wildman–Crippen MR) is 83.7 cm³/mol. The van der Waals surface area contributed by atoms with E-state index in [1.54, 1.807) is 17.4 Å². The van der Waals surface area contributed by atoms with Gasteiger partial charge in [-0.2, -0.15) is 5.10 Å². The van der Waals surface area contributed by atoms with E-state index >= 15 is 0 Å². The summed E-state index contributed by atoms with van der Waals surface area (Å²) in [7, 11) is 0. The Bertz CT molecular complexity index is 818. The molecule has 0 aliphatic carbocycles. The molecule has 21 heavy (non-hydrogen) atoms. The molecule has 0 fully saturated rings. The summed E-state index contributed by atoms with van der Waals surface area (Å²) in [4.78, 5) is 22.2. The van der Waals surface area contributed by atoms with Crippen molar-refractivity contribution >= 4 is 27.4 Å². The van der Waals surface area contributed by atoms with Gasteiger partial charge in [0, 0.05) is 10.9 Å². The van der Waals surface area contributed by atoms with Gasteiger partial charge in [0.1, 0.15) is 16.5 Å². The molecule has 2 N–H and O–H groups in total. The van der Waals surface area contributed by atoms with E-state index in [4.69, 9.17) is 0 Å². The molecular formula is C14H15N5OS. The van der Waals surface area contributed by atoms with Crippen LogP contribution in [0.2, 0.25) is 0 Å². The van der Waals surface area contributed by atoms with Gasteiger partial charge in [-0.3, -0.25) is 4.79 Å². The third kappa shape index (κ3) is 2.92. The summed E-state index contributed by atoms with van der Waals surface area (Å²) in [5, 5.41) is 10.7. The van der Waals surface area contributed by atoms with Crippen LogP contribution in [0, 0.1) is 6.92 Å². The van der Waals surface area contributed by atoms with Gasteiger partial charge in [-0.05, 0) is 25.5 Å². The minimum Gasteiger partial charge on any atom is -0.364 e. The van der Waals surface area contributed by atoms with Crippen LogP contribution < -0.4 is 10.9 Å². The molecule has 0 spiro atoms. The topological polar surface area (TPSA) is 83.6 Å². The second-order valence-electron chi connectivity index (χ2n) is 4.67. The highest BCUT2D eigenvalue weighted by Gasteiger charge is 2.09. The maximum atomic E-state index is 11.0. The Balaban J connectivity index is 1.90. The van der Waals surface area contributed by atoms with E-state index in [-0.39, 0.29) is 5.56 Å². The molecule has 0 bridgehead atoms. The van der Waals surface area contributed by atoms with Crippen molar-refractivity contribution in [3.8, 4) is 0 Å². The number of hydrogen-bond acceptors (Lipinski definition) is 6. The van der Waals surface area contributed by atoms with Crippen LogP contribution in [0.5, 0.6) is 0 Å². The van der Waals surface area contributed by atoms with Crippen molar-refractivity contribution in [1.29, 1.82) is 0 Å². The highest BCUT2D eigenvalue weighted by molar-refractivity contribution is 7.18. The number of aromatic amines is 1. The summed E-state index contributed by atoms with van der Waals surface area (Å²) in [6.45, 7) is 4.51. The van der Waals surface area contributed by atoms with Crippen LogP contribution in [0.1, 0.15) is 23.3 Å². The first kappa shape index (κ1) is 13.7. The van der Waals surface area contributed by atoms with E-state index in [0.717, 1.165) is 34.0 Å². The van der Waals surface area contributed by atoms with Gasteiger partial charge < -0.3 is 5.32 Å². The highest BCUT2D eigenvalue weighted by Crippen LogP contribution is 2.29. The number of H-pyrrole nitrogens is 1. The van der Waals surface area contributed by atoms with E-state index in [1.165, 1.54) is 10.9 Å². The summed E-state index contributed by atoms with van der Waals surface area (Å²) in [6.07, 6.45) is 0.987. The molecule has 7 heteroatoms. The van der Waals surface area contributed by atoms with Crippen molar-refractivity contribution < 1.29 is 0 Å². The Kier molecular flexibility index (Phi) is 3.66. The van der Waals surface area contributed by atoms with Gasteiger partial charge in [-0.25, -0.2) is 15.1 Å². The molecule has 3 aromatic heterocycles. The minimum absolute atomic E-state index is 0.204. The lowest BCUT2D eigenvalue weighted by Gasteiger charge is -2.06. The van der Waals surface area contributed by atoms with E-state index < -0.39 is 0 Å². The summed E-state index contributed by atoms with van der Waals surface area (Å²) in [6, 6.07) is 5.29. The van der Waals surface area contributed by atoms with Crippen molar-refractivity contribution in [3.05, 3.63) is 44.9 Å². The van der Waals surface area contributed by atoms with Crippen LogP contribution in [0.4, 0.5) is 5.82 Å². The molecule has 0 atom stereocenters. The normalized spacial score (nSPS) is 11.0. The lowest BCUT2D eigenvalue weighted by Crippen LogP contribution is -2.11. The van der Waals surface area contributed by atoms with E-state index in [2.05, 4.69) is 38.5 Å². The Labute approximate surface area is 125 Å². The molecule has 0 unspecified atom stereocenters. The van der Waals surface area contributed by atoms with Crippen molar-refractivity contribution in [2.75, 3.05) is 5.32 Å². The second-order valence-corrected chi connectivity index (χ2v) is 5.79. The highest BCUT2D eigenvalue weighted by atomic mass is 32.1. The zero-order valence-corrected chi connectivity index (χ0v) is 12.6. The molecule has 0 saturated carbocycles. The summed E-state index contributed by atoms with van der Waals surface area (Å²) in [5.41, 5.74) is 0.550. The first-order valence-corrected chi connectivity index (χ1v) is 7.53. The van der Waals surface area contributed by atoms with Gasteiger partial charge in [0.15, 0.2) is 0 Å². The lowest BCUT2D eigenvalue weighted by molar-refractivity contribution is 0.896. The number of aromatic nitrogens is 4.